The third-order valence-electron chi connectivity index (χ3n) is 3.32. The van der Waals surface area contributed by atoms with Crippen molar-refractivity contribution in [3.8, 4) is 11.5 Å². The van der Waals surface area contributed by atoms with Crippen LogP contribution in [-0.2, 0) is 9.53 Å². The van der Waals surface area contributed by atoms with Gasteiger partial charge in [-0.2, -0.15) is 0 Å². The molecule has 138 valence electrons. The van der Waals surface area contributed by atoms with Gasteiger partial charge in [-0.3, -0.25) is 10.1 Å². The van der Waals surface area contributed by atoms with E-state index in [0.29, 0.717) is 27.2 Å². The molecule has 0 unspecified atom stereocenters. The number of hydrogen-bond donors (Lipinski definition) is 1. The summed E-state index contributed by atoms with van der Waals surface area (Å²) in [6, 6.07) is 5.32. The molecule has 1 heterocycles. The fraction of sp³-hybridized carbons (Fsp3) is 0.278. The van der Waals surface area contributed by atoms with Crippen LogP contribution in [0, 0.1) is 6.92 Å². The van der Waals surface area contributed by atoms with Crippen LogP contribution in [0.25, 0.3) is 6.08 Å². The zero-order chi connectivity index (χ0) is 19.1. The third-order valence-corrected chi connectivity index (χ3v) is 4.38. The molecule has 0 aliphatic heterocycles. The number of amides is 1. The topological polar surface area (TPSA) is 86.8 Å². The Morgan fingerprint density at radius 3 is 2.62 bits per heavy atom. The second-order valence-corrected chi connectivity index (χ2v) is 6.09. The number of carbonyl (C=O) groups excluding carboxylic acids is 2. The molecule has 2 rings (SSSR count). The lowest BCUT2D eigenvalue weighted by atomic mass is 10.2. The van der Waals surface area contributed by atoms with Gasteiger partial charge in [0.1, 0.15) is 4.88 Å². The van der Waals surface area contributed by atoms with E-state index in [1.165, 1.54) is 6.08 Å². The number of aryl methyl sites for hydroxylation is 1. The van der Waals surface area contributed by atoms with Crippen LogP contribution in [-0.4, -0.2) is 37.7 Å². The number of ether oxygens (including phenoxy) is 3. The molecule has 1 N–H and O–H groups in total. The third kappa shape index (κ3) is 4.82. The molecule has 8 heteroatoms. The molecule has 26 heavy (non-hydrogen) atoms. The van der Waals surface area contributed by atoms with Crippen LogP contribution < -0.4 is 14.8 Å². The molecular weight excluding hydrogens is 356 g/mol. The first-order valence-corrected chi connectivity index (χ1v) is 8.65. The van der Waals surface area contributed by atoms with Gasteiger partial charge in [0.15, 0.2) is 16.6 Å². The Bertz CT molecular complexity index is 829. The fourth-order valence-electron chi connectivity index (χ4n) is 2.11. The van der Waals surface area contributed by atoms with Crippen molar-refractivity contribution in [2.24, 2.45) is 0 Å². The molecule has 2 aromatic rings. The van der Waals surface area contributed by atoms with Gasteiger partial charge in [0, 0.05) is 6.08 Å². The molecule has 0 atom stereocenters. The maximum atomic E-state index is 12.1. The van der Waals surface area contributed by atoms with Gasteiger partial charge in [0.05, 0.1) is 26.5 Å². The lowest BCUT2D eigenvalue weighted by Gasteiger charge is -2.07. The zero-order valence-corrected chi connectivity index (χ0v) is 15.8. The van der Waals surface area contributed by atoms with E-state index < -0.39 is 5.97 Å². The lowest BCUT2D eigenvalue weighted by Crippen LogP contribution is -2.07. The fourth-order valence-corrected chi connectivity index (χ4v) is 2.97. The Hall–Kier alpha value is -2.87. The minimum atomic E-state index is -0.441. The van der Waals surface area contributed by atoms with Crippen molar-refractivity contribution in [3.63, 3.8) is 0 Å². The van der Waals surface area contributed by atoms with Crippen LogP contribution >= 0.6 is 11.3 Å². The van der Waals surface area contributed by atoms with Crippen molar-refractivity contribution in [1.29, 1.82) is 0 Å². The number of esters is 1. The van der Waals surface area contributed by atoms with Gasteiger partial charge < -0.3 is 14.2 Å². The van der Waals surface area contributed by atoms with E-state index in [1.807, 2.05) is 0 Å². The van der Waals surface area contributed by atoms with E-state index in [4.69, 9.17) is 14.2 Å². The first-order valence-electron chi connectivity index (χ1n) is 7.84. The number of anilines is 1. The van der Waals surface area contributed by atoms with E-state index in [1.54, 1.807) is 52.3 Å². The Kier molecular flexibility index (Phi) is 6.74. The van der Waals surface area contributed by atoms with E-state index in [9.17, 15) is 9.59 Å². The van der Waals surface area contributed by atoms with Gasteiger partial charge in [-0.1, -0.05) is 17.4 Å². The van der Waals surface area contributed by atoms with Crippen LogP contribution in [0.2, 0.25) is 0 Å². The molecule has 0 aliphatic rings. The molecule has 7 nitrogen and oxygen atoms in total. The van der Waals surface area contributed by atoms with Crippen molar-refractivity contribution in [1.82, 2.24) is 4.98 Å². The number of methoxy groups -OCH3 is 2. The number of thiazole rings is 1. The highest BCUT2D eigenvalue weighted by Crippen LogP contribution is 2.28. The maximum Gasteiger partial charge on any atom is 0.350 e. The van der Waals surface area contributed by atoms with Crippen LogP contribution in [0.5, 0.6) is 11.5 Å². The van der Waals surface area contributed by atoms with Gasteiger partial charge in [-0.25, -0.2) is 9.78 Å². The number of nitrogens with zero attached hydrogens (tertiary/aromatic N) is 1. The van der Waals surface area contributed by atoms with Gasteiger partial charge in [-0.15, -0.1) is 0 Å². The number of aromatic nitrogens is 1. The molecule has 0 radical (unpaired) electrons. The predicted molar refractivity (Wildman–Crippen MR) is 100 cm³/mol. The quantitative estimate of drug-likeness (QED) is 0.589. The summed E-state index contributed by atoms with van der Waals surface area (Å²) in [5, 5.41) is 2.98. The van der Waals surface area contributed by atoms with E-state index in [0.717, 1.165) is 16.9 Å². The molecule has 0 saturated heterocycles. The number of benzene rings is 1. The molecule has 0 aliphatic carbocycles. The Labute approximate surface area is 155 Å². The van der Waals surface area contributed by atoms with Crippen molar-refractivity contribution in [2.45, 2.75) is 13.8 Å². The van der Waals surface area contributed by atoms with Crippen molar-refractivity contribution in [2.75, 3.05) is 26.1 Å². The summed E-state index contributed by atoms with van der Waals surface area (Å²) in [7, 11) is 3.10. The van der Waals surface area contributed by atoms with Gasteiger partial charge in [0.25, 0.3) is 0 Å². The molecular formula is C18H20N2O5S. The second kappa shape index (κ2) is 9.00. The van der Waals surface area contributed by atoms with Crippen LogP contribution in [0.3, 0.4) is 0 Å². The van der Waals surface area contributed by atoms with E-state index in [-0.39, 0.29) is 12.5 Å². The summed E-state index contributed by atoms with van der Waals surface area (Å²) in [5.41, 5.74) is 1.30. The van der Waals surface area contributed by atoms with Crippen molar-refractivity contribution in [3.05, 3.63) is 40.4 Å². The van der Waals surface area contributed by atoms with Gasteiger partial charge in [0.2, 0.25) is 5.91 Å². The largest absolute Gasteiger partial charge is 0.493 e. The lowest BCUT2D eigenvalue weighted by molar-refractivity contribution is -0.111. The SMILES string of the molecule is CCOC(=O)c1sc(NC(=O)C=Cc2ccc(OC)c(OC)c2)nc1C. The minimum Gasteiger partial charge on any atom is -0.493 e. The maximum absolute atomic E-state index is 12.1. The molecule has 1 aromatic carbocycles. The molecule has 0 spiro atoms. The van der Waals surface area contributed by atoms with E-state index in [2.05, 4.69) is 10.3 Å². The molecule has 0 saturated carbocycles. The molecule has 1 aromatic heterocycles. The average molecular weight is 376 g/mol. The smallest absolute Gasteiger partial charge is 0.350 e. The number of nitrogens with one attached hydrogen (secondary N) is 1. The highest BCUT2D eigenvalue weighted by Gasteiger charge is 2.17. The standard InChI is InChI=1S/C18H20N2O5S/c1-5-25-17(22)16-11(2)19-18(26-16)20-15(21)9-7-12-6-8-13(23-3)14(10-12)24-4/h6-10H,5H2,1-4H3,(H,19,20,21). The first kappa shape index (κ1) is 19.5. The van der Waals surface area contributed by atoms with Gasteiger partial charge in [-0.05, 0) is 37.6 Å². The van der Waals surface area contributed by atoms with Crippen LogP contribution in [0.4, 0.5) is 5.13 Å². The summed E-state index contributed by atoms with van der Waals surface area (Å²) in [5.74, 6) is 0.386. The summed E-state index contributed by atoms with van der Waals surface area (Å²) in [6.07, 6.45) is 3.02. The number of rotatable bonds is 7. The average Bonchev–Trinajstić information content (AvgIpc) is 3.00. The molecule has 0 bridgehead atoms. The summed E-state index contributed by atoms with van der Waals surface area (Å²) < 4.78 is 15.4. The highest BCUT2D eigenvalue weighted by molar-refractivity contribution is 7.17. The zero-order valence-electron chi connectivity index (χ0n) is 15.0. The summed E-state index contributed by atoms with van der Waals surface area (Å²) in [6.45, 7) is 3.71. The normalized spacial score (nSPS) is 10.6. The van der Waals surface area contributed by atoms with Crippen molar-refractivity contribution < 1.29 is 23.8 Å². The van der Waals surface area contributed by atoms with E-state index >= 15 is 0 Å². The van der Waals surface area contributed by atoms with Crippen LogP contribution in [0.1, 0.15) is 27.9 Å². The highest BCUT2D eigenvalue weighted by atomic mass is 32.1. The Morgan fingerprint density at radius 2 is 1.96 bits per heavy atom. The first-order chi connectivity index (χ1) is 12.5. The second-order valence-electron chi connectivity index (χ2n) is 5.09. The molecule has 1 amide bonds. The number of carbonyl (C=O) groups is 2. The Balaban J connectivity index is 2.06. The molecule has 0 fully saturated rings. The Morgan fingerprint density at radius 1 is 1.23 bits per heavy atom. The number of hydrogen-bond acceptors (Lipinski definition) is 7. The monoisotopic (exact) mass is 376 g/mol. The summed E-state index contributed by atoms with van der Waals surface area (Å²) >= 11 is 1.08. The predicted octanol–water partition coefficient (Wildman–Crippen LogP) is 3.30. The minimum absolute atomic E-state index is 0.284. The summed E-state index contributed by atoms with van der Waals surface area (Å²) in [4.78, 5) is 28.4. The van der Waals surface area contributed by atoms with Crippen molar-refractivity contribution >= 4 is 34.4 Å². The van der Waals surface area contributed by atoms with Crippen LogP contribution in [0.15, 0.2) is 24.3 Å². The van der Waals surface area contributed by atoms with Gasteiger partial charge >= 0.3 is 5.97 Å².